The summed E-state index contributed by atoms with van der Waals surface area (Å²) in [6, 6.07) is 3.81. The molecule has 1 amide bonds. The van der Waals surface area contributed by atoms with Crippen molar-refractivity contribution in [3.05, 3.63) is 23.4 Å². The molecule has 1 heterocycles. The summed E-state index contributed by atoms with van der Waals surface area (Å²) in [5.74, 6) is 0.591. The molecule has 1 fully saturated rings. The number of primary amides is 1. The van der Waals surface area contributed by atoms with Gasteiger partial charge in [0.1, 0.15) is 5.82 Å². The lowest BCUT2D eigenvalue weighted by Crippen LogP contribution is -2.31. The normalized spacial score (nSPS) is 23.0. The van der Waals surface area contributed by atoms with E-state index in [1.165, 1.54) is 0 Å². The number of anilines is 1. The van der Waals surface area contributed by atoms with Gasteiger partial charge >= 0.3 is 0 Å². The summed E-state index contributed by atoms with van der Waals surface area (Å²) < 4.78 is 0. The minimum absolute atomic E-state index is 0.294. The summed E-state index contributed by atoms with van der Waals surface area (Å²) in [6.07, 6.45) is 3.36. The molecule has 2 atom stereocenters. The number of hydrogen-bond acceptors (Lipinski definition) is 4. The van der Waals surface area contributed by atoms with Crippen LogP contribution in [0.4, 0.5) is 5.82 Å². The molecule has 0 aromatic carbocycles. The first-order chi connectivity index (χ1) is 8.61. The van der Waals surface area contributed by atoms with Crippen LogP contribution in [0.15, 0.2) is 12.1 Å². The fourth-order valence-corrected chi connectivity index (χ4v) is 2.55. The van der Waals surface area contributed by atoms with Gasteiger partial charge in [-0.15, -0.1) is 0 Å². The van der Waals surface area contributed by atoms with Crippen molar-refractivity contribution in [2.75, 3.05) is 11.9 Å². The van der Waals surface area contributed by atoms with Crippen LogP contribution in [-0.4, -0.2) is 23.5 Å². The second-order valence-corrected chi connectivity index (χ2v) is 4.89. The maximum Gasteiger partial charge on any atom is 0.252 e. The Bertz CT molecular complexity index is 447. The zero-order valence-electron chi connectivity index (χ0n) is 10.6. The first-order valence-corrected chi connectivity index (χ1v) is 6.36. The van der Waals surface area contributed by atoms with E-state index in [0.717, 1.165) is 25.0 Å². The minimum Gasteiger partial charge on any atom is -0.366 e. The molecule has 1 saturated carbocycles. The molecule has 0 aliphatic heterocycles. The quantitative estimate of drug-likeness (QED) is 0.741. The highest BCUT2D eigenvalue weighted by Gasteiger charge is 2.27. The molecule has 1 aromatic heterocycles. The van der Waals surface area contributed by atoms with Gasteiger partial charge in [-0.25, -0.2) is 4.98 Å². The fraction of sp³-hybridized carbons (Fsp3) is 0.538. The first-order valence-electron chi connectivity index (χ1n) is 6.36. The van der Waals surface area contributed by atoms with Crippen LogP contribution < -0.4 is 16.8 Å². The van der Waals surface area contributed by atoms with Gasteiger partial charge in [0.15, 0.2) is 0 Å². The molecule has 98 valence electrons. The Hall–Kier alpha value is -1.62. The molecule has 0 bridgehead atoms. The van der Waals surface area contributed by atoms with Crippen LogP contribution in [-0.2, 0) is 0 Å². The van der Waals surface area contributed by atoms with E-state index in [-0.39, 0.29) is 0 Å². The maximum absolute atomic E-state index is 11.4. The second kappa shape index (κ2) is 5.35. The Morgan fingerprint density at radius 2 is 2.28 bits per heavy atom. The number of rotatable bonds is 4. The van der Waals surface area contributed by atoms with Gasteiger partial charge in [0, 0.05) is 11.7 Å². The number of nitrogens with one attached hydrogen (secondary N) is 1. The number of carbonyl (C=O) groups excluding carboxylic acids is 1. The molecule has 1 aromatic rings. The van der Waals surface area contributed by atoms with E-state index < -0.39 is 5.91 Å². The van der Waals surface area contributed by atoms with E-state index in [1.807, 2.05) is 6.92 Å². The molecular weight excluding hydrogens is 228 g/mol. The Morgan fingerprint density at radius 1 is 1.50 bits per heavy atom. The van der Waals surface area contributed by atoms with Crippen molar-refractivity contribution < 1.29 is 4.79 Å². The molecule has 2 unspecified atom stereocenters. The molecule has 0 radical (unpaired) electrons. The van der Waals surface area contributed by atoms with E-state index in [1.54, 1.807) is 12.1 Å². The smallest absolute Gasteiger partial charge is 0.252 e. The number of aryl methyl sites for hydroxylation is 1. The standard InChI is InChI=1S/C13H20N4O/c1-8-5-6-10(12(15)18)13(16-8)17-11-4-2-3-9(11)7-14/h5-6,9,11H,2-4,7,14H2,1H3,(H2,15,18)(H,16,17). The number of nitrogens with zero attached hydrogens (tertiary/aromatic N) is 1. The number of amides is 1. The number of aromatic nitrogens is 1. The van der Waals surface area contributed by atoms with Gasteiger partial charge in [-0.05, 0) is 44.4 Å². The van der Waals surface area contributed by atoms with Crippen LogP contribution >= 0.6 is 0 Å². The molecule has 18 heavy (non-hydrogen) atoms. The summed E-state index contributed by atoms with van der Waals surface area (Å²) in [4.78, 5) is 15.7. The van der Waals surface area contributed by atoms with Gasteiger partial charge in [-0.2, -0.15) is 0 Å². The third kappa shape index (κ3) is 2.61. The fourth-order valence-electron chi connectivity index (χ4n) is 2.55. The summed E-state index contributed by atoms with van der Waals surface area (Å²) >= 11 is 0. The lowest BCUT2D eigenvalue weighted by molar-refractivity contribution is 0.100. The van der Waals surface area contributed by atoms with E-state index in [9.17, 15) is 4.79 Å². The van der Waals surface area contributed by atoms with Crippen LogP contribution in [0.5, 0.6) is 0 Å². The van der Waals surface area contributed by atoms with Crippen LogP contribution in [0, 0.1) is 12.8 Å². The molecule has 2 rings (SSSR count). The number of pyridine rings is 1. The van der Waals surface area contributed by atoms with Crippen LogP contribution in [0.1, 0.15) is 35.3 Å². The molecule has 1 aliphatic carbocycles. The third-order valence-electron chi connectivity index (χ3n) is 3.58. The molecule has 1 aliphatic rings. The van der Waals surface area contributed by atoms with Gasteiger partial charge in [-0.1, -0.05) is 6.42 Å². The molecule has 5 heteroatoms. The molecule has 5 N–H and O–H groups in total. The number of carbonyl (C=O) groups is 1. The Labute approximate surface area is 107 Å². The number of nitrogens with two attached hydrogens (primary N) is 2. The van der Waals surface area contributed by atoms with Crippen molar-refractivity contribution in [1.82, 2.24) is 4.98 Å². The van der Waals surface area contributed by atoms with Crippen molar-refractivity contribution in [1.29, 1.82) is 0 Å². The lowest BCUT2D eigenvalue weighted by Gasteiger charge is -2.21. The Kier molecular flexibility index (Phi) is 3.81. The van der Waals surface area contributed by atoms with Gasteiger partial charge in [0.25, 0.3) is 5.91 Å². The minimum atomic E-state index is -0.452. The molecule has 0 spiro atoms. The highest BCUT2D eigenvalue weighted by atomic mass is 16.1. The molecule has 5 nitrogen and oxygen atoms in total. The molecular formula is C13H20N4O. The average molecular weight is 248 g/mol. The zero-order chi connectivity index (χ0) is 13.1. The predicted molar refractivity (Wildman–Crippen MR) is 71.3 cm³/mol. The van der Waals surface area contributed by atoms with Crippen LogP contribution in [0.3, 0.4) is 0 Å². The van der Waals surface area contributed by atoms with Crippen molar-refractivity contribution >= 4 is 11.7 Å². The summed E-state index contributed by atoms with van der Waals surface area (Å²) in [5, 5.41) is 3.34. The van der Waals surface area contributed by atoms with E-state index in [4.69, 9.17) is 11.5 Å². The highest BCUT2D eigenvalue weighted by molar-refractivity contribution is 5.97. The summed E-state index contributed by atoms with van der Waals surface area (Å²) in [7, 11) is 0. The second-order valence-electron chi connectivity index (χ2n) is 4.89. The van der Waals surface area contributed by atoms with Crippen LogP contribution in [0.25, 0.3) is 0 Å². The van der Waals surface area contributed by atoms with Crippen molar-refractivity contribution in [2.24, 2.45) is 17.4 Å². The lowest BCUT2D eigenvalue weighted by atomic mass is 10.0. The van der Waals surface area contributed by atoms with Gasteiger partial charge in [-0.3, -0.25) is 4.79 Å². The monoisotopic (exact) mass is 248 g/mol. The zero-order valence-corrected chi connectivity index (χ0v) is 10.6. The van der Waals surface area contributed by atoms with Crippen molar-refractivity contribution in [3.63, 3.8) is 0 Å². The van der Waals surface area contributed by atoms with Gasteiger partial charge < -0.3 is 16.8 Å². The predicted octanol–water partition coefficient (Wildman–Crippen LogP) is 1.03. The van der Waals surface area contributed by atoms with E-state index in [2.05, 4.69) is 10.3 Å². The van der Waals surface area contributed by atoms with Gasteiger partial charge in [0.05, 0.1) is 5.56 Å². The Morgan fingerprint density at radius 3 is 2.94 bits per heavy atom. The summed E-state index contributed by atoms with van der Waals surface area (Å²) in [6.45, 7) is 2.56. The Balaban J connectivity index is 2.22. The topological polar surface area (TPSA) is 94.0 Å². The molecule has 0 saturated heterocycles. The van der Waals surface area contributed by atoms with Crippen molar-refractivity contribution in [3.8, 4) is 0 Å². The number of hydrogen-bond donors (Lipinski definition) is 3. The van der Waals surface area contributed by atoms with Crippen molar-refractivity contribution in [2.45, 2.75) is 32.2 Å². The largest absolute Gasteiger partial charge is 0.366 e. The highest BCUT2D eigenvalue weighted by Crippen LogP contribution is 2.28. The average Bonchev–Trinajstić information content (AvgIpc) is 2.76. The van der Waals surface area contributed by atoms with E-state index >= 15 is 0 Å². The SMILES string of the molecule is Cc1ccc(C(N)=O)c(NC2CCCC2CN)n1. The summed E-state index contributed by atoms with van der Waals surface area (Å²) in [5.41, 5.74) is 12.4. The first kappa shape index (κ1) is 12.8. The maximum atomic E-state index is 11.4. The van der Waals surface area contributed by atoms with E-state index in [0.29, 0.717) is 29.9 Å². The third-order valence-corrected chi connectivity index (χ3v) is 3.58. The van der Waals surface area contributed by atoms with Gasteiger partial charge in [0.2, 0.25) is 0 Å². The van der Waals surface area contributed by atoms with Crippen LogP contribution in [0.2, 0.25) is 0 Å².